The van der Waals surface area contributed by atoms with Crippen LogP contribution < -0.4 is 10.5 Å². The van der Waals surface area contributed by atoms with E-state index in [4.69, 9.17) is 10.5 Å². The number of aromatic nitrogens is 3. The minimum absolute atomic E-state index is 0.0254. The van der Waals surface area contributed by atoms with Gasteiger partial charge in [-0.3, -0.25) is 4.90 Å². The van der Waals surface area contributed by atoms with Gasteiger partial charge in [-0.1, -0.05) is 30.3 Å². The first kappa shape index (κ1) is 16.7. The summed E-state index contributed by atoms with van der Waals surface area (Å²) in [5.41, 5.74) is 10.6. The topological polar surface area (TPSA) is 80.1 Å². The number of nitrogens with one attached hydrogen (secondary N) is 1. The van der Waals surface area contributed by atoms with E-state index in [0.29, 0.717) is 6.04 Å². The second-order valence-corrected chi connectivity index (χ2v) is 7.69. The van der Waals surface area contributed by atoms with Gasteiger partial charge in [-0.05, 0) is 55.5 Å². The van der Waals surface area contributed by atoms with Crippen molar-refractivity contribution in [3.05, 3.63) is 53.6 Å². The molecule has 1 aliphatic carbocycles. The number of rotatable bonds is 3. The summed E-state index contributed by atoms with van der Waals surface area (Å²) in [7, 11) is 0. The number of ether oxygens (including phenoxy) is 1. The maximum Gasteiger partial charge on any atom is 0.154 e. The van der Waals surface area contributed by atoms with Gasteiger partial charge in [0.25, 0.3) is 0 Å². The van der Waals surface area contributed by atoms with Crippen molar-refractivity contribution in [1.29, 1.82) is 0 Å². The molecule has 0 spiro atoms. The highest BCUT2D eigenvalue weighted by atomic mass is 16.5. The van der Waals surface area contributed by atoms with Crippen LogP contribution in [-0.4, -0.2) is 45.5 Å². The van der Waals surface area contributed by atoms with Gasteiger partial charge in [0.2, 0.25) is 0 Å². The van der Waals surface area contributed by atoms with E-state index in [1.165, 1.54) is 11.1 Å². The minimum Gasteiger partial charge on any atom is -0.482 e. The predicted octanol–water partition coefficient (Wildman–Crippen LogP) is 2.82. The standard InChI is InChI=1S/C21H25N5O/c22-15-6-4-12-26(13-15)18-11-10-14-5-1-2-7-16(14)21(18)27-19-9-3-8-17-20(19)24-25-23-17/h1-3,5,7-9,15,18,21H,4,6,10-13,22H2,(H,23,24,25)/t15-,18+,21+/m1/s1. The van der Waals surface area contributed by atoms with Crippen molar-refractivity contribution in [3.63, 3.8) is 0 Å². The van der Waals surface area contributed by atoms with E-state index in [0.717, 1.165) is 55.6 Å². The summed E-state index contributed by atoms with van der Waals surface area (Å²) in [5, 5.41) is 11.2. The van der Waals surface area contributed by atoms with E-state index in [1.807, 2.05) is 18.2 Å². The zero-order chi connectivity index (χ0) is 18.2. The lowest BCUT2D eigenvalue weighted by molar-refractivity contribution is 0.0374. The van der Waals surface area contributed by atoms with Crippen molar-refractivity contribution in [2.24, 2.45) is 5.73 Å². The molecule has 1 fully saturated rings. The van der Waals surface area contributed by atoms with Gasteiger partial charge >= 0.3 is 0 Å². The molecule has 0 radical (unpaired) electrons. The Morgan fingerprint density at radius 1 is 1.07 bits per heavy atom. The Labute approximate surface area is 158 Å². The lowest BCUT2D eigenvalue weighted by Gasteiger charge is -2.43. The maximum absolute atomic E-state index is 6.65. The summed E-state index contributed by atoms with van der Waals surface area (Å²) < 4.78 is 6.65. The quantitative estimate of drug-likeness (QED) is 0.748. The Morgan fingerprint density at radius 2 is 2.00 bits per heavy atom. The summed E-state index contributed by atoms with van der Waals surface area (Å²) in [6.45, 7) is 2.04. The number of aryl methyl sites for hydroxylation is 1. The molecule has 140 valence electrons. The molecule has 0 unspecified atom stereocenters. The molecule has 0 amide bonds. The summed E-state index contributed by atoms with van der Waals surface area (Å²) in [5.74, 6) is 0.786. The van der Waals surface area contributed by atoms with Gasteiger partial charge in [-0.15, -0.1) is 0 Å². The van der Waals surface area contributed by atoms with E-state index < -0.39 is 0 Å². The number of hydrogen-bond acceptors (Lipinski definition) is 5. The predicted molar refractivity (Wildman–Crippen MR) is 105 cm³/mol. The molecule has 6 heteroatoms. The number of hydrogen-bond donors (Lipinski definition) is 2. The monoisotopic (exact) mass is 363 g/mol. The fourth-order valence-corrected chi connectivity index (χ4v) is 4.63. The summed E-state index contributed by atoms with van der Waals surface area (Å²) in [6, 6.07) is 15.1. The van der Waals surface area contributed by atoms with Crippen LogP contribution in [0, 0.1) is 0 Å². The number of benzene rings is 2. The minimum atomic E-state index is -0.0254. The molecule has 0 bridgehead atoms. The third-order valence-electron chi connectivity index (χ3n) is 5.94. The fraction of sp³-hybridized carbons (Fsp3) is 0.429. The van der Waals surface area contributed by atoms with Crippen LogP contribution in [0.3, 0.4) is 0 Å². The molecule has 1 aromatic heterocycles. The number of nitrogens with two attached hydrogens (primary N) is 1. The first-order valence-electron chi connectivity index (χ1n) is 9.83. The first-order chi connectivity index (χ1) is 13.3. The van der Waals surface area contributed by atoms with Crippen LogP contribution in [0.25, 0.3) is 11.0 Å². The van der Waals surface area contributed by atoms with Gasteiger partial charge in [0.1, 0.15) is 17.4 Å². The van der Waals surface area contributed by atoms with Gasteiger partial charge in [0, 0.05) is 12.6 Å². The van der Waals surface area contributed by atoms with Gasteiger partial charge in [-0.2, -0.15) is 15.4 Å². The van der Waals surface area contributed by atoms with Crippen molar-refractivity contribution in [1.82, 2.24) is 20.3 Å². The van der Waals surface area contributed by atoms with Crippen LogP contribution in [-0.2, 0) is 6.42 Å². The Bertz CT molecular complexity index is 939. The third kappa shape index (κ3) is 3.09. The van der Waals surface area contributed by atoms with Crippen LogP contribution in [0.1, 0.15) is 36.5 Å². The molecule has 0 saturated carbocycles. The van der Waals surface area contributed by atoms with E-state index in [-0.39, 0.29) is 12.1 Å². The van der Waals surface area contributed by atoms with Crippen molar-refractivity contribution in [2.75, 3.05) is 13.1 Å². The smallest absolute Gasteiger partial charge is 0.154 e. The Balaban J connectivity index is 1.53. The molecule has 2 aromatic carbocycles. The van der Waals surface area contributed by atoms with Gasteiger partial charge in [0.05, 0.1) is 6.04 Å². The zero-order valence-electron chi connectivity index (χ0n) is 15.3. The highest BCUT2D eigenvalue weighted by Crippen LogP contribution is 2.38. The molecular weight excluding hydrogens is 338 g/mol. The molecule has 3 aromatic rings. The number of nitrogens with zero attached hydrogens (tertiary/aromatic N) is 3. The number of aromatic amines is 1. The van der Waals surface area contributed by atoms with Crippen molar-refractivity contribution < 1.29 is 4.74 Å². The third-order valence-corrected chi connectivity index (χ3v) is 5.94. The highest BCUT2D eigenvalue weighted by molar-refractivity contribution is 5.80. The number of likely N-dealkylation sites (tertiary alicyclic amines) is 1. The number of para-hydroxylation sites is 1. The van der Waals surface area contributed by atoms with E-state index in [1.54, 1.807) is 0 Å². The summed E-state index contributed by atoms with van der Waals surface area (Å²) in [6.07, 6.45) is 4.42. The van der Waals surface area contributed by atoms with Crippen LogP contribution in [0.2, 0.25) is 0 Å². The highest BCUT2D eigenvalue weighted by Gasteiger charge is 2.37. The second-order valence-electron chi connectivity index (χ2n) is 7.69. The van der Waals surface area contributed by atoms with E-state index >= 15 is 0 Å². The average molecular weight is 363 g/mol. The molecule has 1 aliphatic heterocycles. The Hall–Kier alpha value is -2.44. The van der Waals surface area contributed by atoms with E-state index in [9.17, 15) is 0 Å². The van der Waals surface area contributed by atoms with Gasteiger partial charge in [0.15, 0.2) is 5.52 Å². The molecule has 5 rings (SSSR count). The summed E-state index contributed by atoms with van der Waals surface area (Å²) >= 11 is 0. The molecule has 3 N–H and O–H groups in total. The number of fused-ring (bicyclic) bond motifs is 2. The molecule has 2 heterocycles. The molecule has 27 heavy (non-hydrogen) atoms. The van der Waals surface area contributed by atoms with Gasteiger partial charge < -0.3 is 10.5 Å². The first-order valence-corrected chi connectivity index (χ1v) is 9.83. The van der Waals surface area contributed by atoms with Crippen LogP contribution in [0.4, 0.5) is 0 Å². The number of H-pyrrole nitrogens is 1. The maximum atomic E-state index is 6.65. The SMILES string of the molecule is N[C@@H]1CCCN([C@H]2CCc3ccccc3[C@@H]2Oc2cccc3n[nH]nc23)C1. The van der Waals surface area contributed by atoms with Crippen molar-refractivity contribution in [2.45, 2.75) is 43.9 Å². The second kappa shape index (κ2) is 6.94. The molecule has 6 nitrogen and oxygen atoms in total. The van der Waals surface area contributed by atoms with E-state index in [2.05, 4.69) is 44.6 Å². The van der Waals surface area contributed by atoms with Crippen LogP contribution in [0.5, 0.6) is 5.75 Å². The average Bonchev–Trinajstić information content (AvgIpc) is 3.18. The van der Waals surface area contributed by atoms with Gasteiger partial charge in [-0.25, -0.2) is 0 Å². The Kier molecular flexibility index (Phi) is 4.30. The molecular formula is C21H25N5O. The van der Waals surface area contributed by atoms with Crippen LogP contribution >= 0.6 is 0 Å². The lowest BCUT2D eigenvalue weighted by atomic mass is 9.84. The normalized spacial score (nSPS) is 26.0. The fourth-order valence-electron chi connectivity index (χ4n) is 4.63. The summed E-state index contributed by atoms with van der Waals surface area (Å²) in [4.78, 5) is 2.54. The molecule has 2 aliphatic rings. The van der Waals surface area contributed by atoms with Crippen molar-refractivity contribution in [3.8, 4) is 5.75 Å². The van der Waals surface area contributed by atoms with Crippen molar-refractivity contribution >= 4 is 11.0 Å². The Morgan fingerprint density at radius 3 is 2.93 bits per heavy atom. The van der Waals surface area contributed by atoms with Crippen LogP contribution in [0.15, 0.2) is 42.5 Å². The zero-order valence-corrected chi connectivity index (χ0v) is 15.3. The molecule has 3 atom stereocenters. The molecule has 1 saturated heterocycles. The lowest BCUT2D eigenvalue weighted by Crippen LogP contribution is -2.51. The number of piperidine rings is 1. The largest absolute Gasteiger partial charge is 0.482 e.